The van der Waals surface area contributed by atoms with Gasteiger partial charge < -0.3 is 15.4 Å². The number of methoxy groups -OCH3 is 1. The lowest BCUT2D eigenvalue weighted by atomic mass is 9.94. The molecule has 2 N–H and O–H groups in total. The van der Waals surface area contributed by atoms with Crippen molar-refractivity contribution in [2.45, 2.75) is 58.9 Å². The van der Waals surface area contributed by atoms with Crippen LogP contribution in [0.1, 0.15) is 52.9 Å². The van der Waals surface area contributed by atoms with E-state index in [1.807, 2.05) is 4.90 Å². The fraction of sp³-hybridized carbons (Fsp3) is 0.933. The first-order valence-corrected chi connectivity index (χ1v) is 7.55. The Morgan fingerprint density at radius 2 is 1.95 bits per heavy atom. The van der Waals surface area contributed by atoms with Gasteiger partial charge in [0, 0.05) is 26.1 Å². The number of ether oxygens (including phenoxy) is 1. The van der Waals surface area contributed by atoms with Gasteiger partial charge in [-0.2, -0.15) is 0 Å². The number of carbonyl (C=O) groups is 1. The van der Waals surface area contributed by atoms with Crippen molar-refractivity contribution >= 4 is 5.91 Å². The van der Waals surface area contributed by atoms with Gasteiger partial charge in [-0.1, -0.05) is 19.8 Å². The van der Waals surface area contributed by atoms with Crippen LogP contribution < -0.4 is 5.73 Å². The molecule has 0 aliphatic rings. The molecule has 1 unspecified atom stereocenters. The largest absolute Gasteiger partial charge is 0.383 e. The first-order valence-electron chi connectivity index (χ1n) is 7.55. The lowest BCUT2D eigenvalue weighted by Crippen LogP contribution is -2.39. The van der Waals surface area contributed by atoms with E-state index in [0.717, 1.165) is 25.8 Å². The molecule has 0 aromatic carbocycles. The summed E-state index contributed by atoms with van der Waals surface area (Å²) in [7, 11) is 1.67. The number of amides is 1. The Bertz CT molecular complexity index is 226. The zero-order chi connectivity index (χ0) is 14.7. The van der Waals surface area contributed by atoms with Crippen LogP contribution in [0.25, 0.3) is 0 Å². The highest BCUT2D eigenvalue weighted by Gasteiger charge is 2.18. The summed E-state index contributed by atoms with van der Waals surface area (Å²) in [5.74, 6) is 0.834. The Kier molecular flexibility index (Phi) is 10.9. The molecule has 0 fully saturated rings. The fourth-order valence-corrected chi connectivity index (χ4v) is 2.41. The molecule has 19 heavy (non-hydrogen) atoms. The van der Waals surface area contributed by atoms with Crippen LogP contribution in [-0.4, -0.2) is 43.7 Å². The van der Waals surface area contributed by atoms with Crippen molar-refractivity contribution in [2.75, 3.05) is 26.8 Å². The van der Waals surface area contributed by atoms with Crippen molar-refractivity contribution in [1.29, 1.82) is 0 Å². The maximum absolute atomic E-state index is 12.2. The maximum Gasteiger partial charge on any atom is 0.222 e. The third kappa shape index (κ3) is 8.22. The Morgan fingerprint density at radius 3 is 2.42 bits per heavy atom. The summed E-state index contributed by atoms with van der Waals surface area (Å²) in [4.78, 5) is 14.2. The Labute approximate surface area is 118 Å². The summed E-state index contributed by atoms with van der Waals surface area (Å²) in [6.07, 6.45) is 4.95. The van der Waals surface area contributed by atoms with E-state index in [1.165, 1.54) is 6.42 Å². The molecule has 0 aliphatic carbocycles. The minimum absolute atomic E-state index is 0.238. The van der Waals surface area contributed by atoms with Crippen molar-refractivity contribution in [1.82, 2.24) is 4.90 Å². The molecule has 0 aliphatic heterocycles. The minimum atomic E-state index is 0.238. The summed E-state index contributed by atoms with van der Waals surface area (Å²) in [6.45, 7) is 8.29. The zero-order valence-corrected chi connectivity index (χ0v) is 13.2. The van der Waals surface area contributed by atoms with Crippen LogP contribution in [0, 0.1) is 5.92 Å². The van der Waals surface area contributed by atoms with Gasteiger partial charge >= 0.3 is 0 Å². The van der Waals surface area contributed by atoms with Crippen LogP contribution in [0.15, 0.2) is 0 Å². The van der Waals surface area contributed by atoms with E-state index in [0.29, 0.717) is 25.5 Å². The molecular formula is C15H32N2O2. The molecule has 0 heterocycles. The first kappa shape index (κ1) is 18.4. The summed E-state index contributed by atoms with van der Waals surface area (Å²) in [6, 6.07) is 0.238. The van der Waals surface area contributed by atoms with E-state index in [4.69, 9.17) is 10.5 Å². The van der Waals surface area contributed by atoms with Gasteiger partial charge in [0.1, 0.15) is 0 Å². The number of carbonyl (C=O) groups excluding carboxylic acids is 1. The first-order chi connectivity index (χ1) is 9.06. The average Bonchev–Trinajstić information content (AvgIpc) is 2.36. The third-order valence-electron chi connectivity index (χ3n) is 3.52. The molecule has 0 saturated heterocycles. The highest BCUT2D eigenvalue weighted by atomic mass is 16.5. The molecule has 4 nitrogen and oxygen atoms in total. The predicted molar refractivity (Wildman–Crippen MR) is 80.0 cm³/mol. The van der Waals surface area contributed by atoms with Crippen molar-refractivity contribution in [3.05, 3.63) is 0 Å². The van der Waals surface area contributed by atoms with Gasteiger partial charge in [0.25, 0.3) is 0 Å². The van der Waals surface area contributed by atoms with E-state index in [1.54, 1.807) is 7.11 Å². The molecule has 0 aromatic rings. The van der Waals surface area contributed by atoms with Gasteiger partial charge in [0.05, 0.1) is 6.61 Å². The number of nitrogens with two attached hydrogens (primary N) is 1. The number of nitrogens with zero attached hydrogens (tertiary/aromatic N) is 1. The highest BCUT2D eigenvalue weighted by Crippen LogP contribution is 2.18. The highest BCUT2D eigenvalue weighted by molar-refractivity contribution is 5.76. The van der Waals surface area contributed by atoms with Gasteiger partial charge in [-0.15, -0.1) is 0 Å². The van der Waals surface area contributed by atoms with E-state index in [2.05, 4.69) is 20.8 Å². The maximum atomic E-state index is 12.2. The molecular weight excluding hydrogens is 240 g/mol. The molecule has 0 rings (SSSR count). The van der Waals surface area contributed by atoms with Crippen LogP contribution in [0.3, 0.4) is 0 Å². The van der Waals surface area contributed by atoms with E-state index in [9.17, 15) is 4.79 Å². The second-order valence-electron chi connectivity index (χ2n) is 5.44. The van der Waals surface area contributed by atoms with Gasteiger partial charge in [-0.05, 0) is 39.2 Å². The quantitative estimate of drug-likeness (QED) is 0.628. The normalized spacial score (nSPS) is 12.7. The lowest BCUT2D eigenvalue weighted by Gasteiger charge is -2.27. The SMILES string of the molecule is CCCC(CCN)CCC(=O)N(CCOC)C(C)C. The number of hydrogen-bond donors (Lipinski definition) is 1. The molecule has 0 bridgehead atoms. The van der Waals surface area contributed by atoms with Crippen LogP contribution >= 0.6 is 0 Å². The smallest absolute Gasteiger partial charge is 0.222 e. The van der Waals surface area contributed by atoms with E-state index < -0.39 is 0 Å². The number of rotatable bonds is 11. The van der Waals surface area contributed by atoms with E-state index >= 15 is 0 Å². The Hall–Kier alpha value is -0.610. The summed E-state index contributed by atoms with van der Waals surface area (Å²) < 4.78 is 5.06. The minimum Gasteiger partial charge on any atom is -0.383 e. The molecule has 0 spiro atoms. The monoisotopic (exact) mass is 272 g/mol. The van der Waals surface area contributed by atoms with Crippen LogP contribution in [0.2, 0.25) is 0 Å². The molecule has 1 atom stereocenters. The topological polar surface area (TPSA) is 55.6 Å². The zero-order valence-electron chi connectivity index (χ0n) is 13.2. The van der Waals surface area contributed by atoms with Crippen molar-refractivity contribution in [3.63, 3.8) is 0 Å². The van der Waals surface area contributed by atoms with Gasteiger partial charge in [-0.25, -0.2) is 0 Å². The lowest BCUT2D eigenvalue weighted by molar-refractivity contribution is -0.133. The second kappa shape index (κ2) is 11.2. The van der Waals surface area contributed by atoms with Crippen molar-refractivity contribution < 1.29 is 9.53 Å². The second-order valence-corrected chi connectivity index (χ2v) is 5.44. The van der Waals surface area contributed by atoms with Crippen LogP contribution in [-0.2, 0) is 9.53 Å². The molecule has 4 heteroatoms. The van der Waals surface area contributed by atoms with Crippen LogP contribution in [0.4, 0.5) is 0 Å². The summed E-state index contributed by atoms with van der Waals surface area (Å²) in [5, 5.41) is 0. The summed E-state index contributed by atoms with van der Waals surface area (Å²) in [5.41, 5.74) is 5.63. The molecule has 0 saturated carbocycles. The fourth-order valence-electron chi connectivity index (χ4n) is 2.41. The third-order valence-corrected chi connectivity index (χ3v) is 3.52. The van der Waals surface area contributed by atoms with Crippen LogP contribution in [0.5, 0.6) is 0 Å². The van der Waals surface area contributed by atoms with Gasteiger partial charge in [0.15, 0.2) is 0 Å². The van der Waals surface area contributed by atoms with Crippen molar-refractivity contribution in [3.8, 4) is 0 Å². The average molecular weight is 272 g/mol. The Balaban J connectivity index is 4.21. The Morgan fingerprint density at radius 1 is 1.26 bits per heavy atom. The number of hydrogen-bond acceptors (Lipinski definition) is 3. The van der Waals surface area contributed by atoms with Gasteiger partial charge in [0.2, 0.25) is 5.91 Å². The standard InChI is InChI=1S/C15H32N2O2/c1-5-6-14(9-10-16)7-8-15(18)17(13(2)3)11-12-19-4/h13-14H,5-12,16H2,1-4H3. The molecule has 114 valence electrons. The molecule has 0 aromatic heterocycles. The summed E-state index contributed by atoms with van der Waals surface area (Å²) >= 11 is 0. The van der Waals surface area contributed by atoms with Crippen molar-refractivity contribution in [2.24, 2.45) is 11.7 Å². The molecule has 1 amide bonds. The predicted octanol–water partition coefficient (Wildman–Crippen LogP) is 2.42. The van der Waals surface area contributed by atoms with E-state index in [-0.39, 0.29) is 11.9 Å². The van der Waals surface area contributed by atoms with Gasteiger partial charge in [-0.3, -0.25) is 4.79 Å². The molecule has 0 radical (unpaired) electrons.